The molecule has 0 bridgehead atoms. The molecule has 3 N–H and O–H groups in total. The number of hydrogen-bond acceptors (Lipinski definition) is 6. The van der Waals surface area contributed by atoms with Crippen LogP contribution in [0, 0.1) is 19.8 Å². The largest absolute Gasteiger partial charge is 0.397 e. The second-order valence-electron chi connectivity index (χ2n) is 8.54. The number of nitrogens with two attached hydrogens (primary N) is 1. The predicted molar refractivity (Wildman–Crippen MR) is 121 cm³/mol. The third kappa shape index (κ3) is 3.54. The number of carbonyl (C=O) groups is 2. The Morgan fingerprint density at radius 1 is 1.19 bits per heavy atom. The minimum absolute atomic E-state index is 0.0205. The van der Waals surface area contributed by atoms with Crippen LogP contribution in [0.5, 0.6) is 0 Å². The Bertz CT molecular complexity index is 1180. The summed E-state index contributed by atoms with van der Waals surface area (Å²) in [5.41, 5.74) is 9.82. The van der Waals surface area contributed by atoms with E-state index < -0.39 is 0 Å². The molecule has 1 saturated heterocycles. The van der Waals surface area contributed by atoms with E-state index in [0.717, 1.165) is 29.5 Å². The molecular formula is C23H25N5O2S. The van der Waals surface area contributed by atoms with Crippen LogP contribution in [-0.2, 0) is 4.79 Å². The summed E-state index contributed by atoms with van der Waals surface area (Å²) < 4.78 is 0. The van der Waals surface area contributed by atoms with Crippen molar-refractivity contribution in [3.05, 3.63) is 52.0 Å². The molecule has 3 atom stereocenters. The van der Waals surface area contributed by atoms with Crippen molar-refractivity contribution in [2.45, 2.75) is 38.6 Å². The first-order chi connectivity index (χ1) is 14.9. The zero-order valence-corrected chi connectivity index (χ0v) is 18.4. The van der Waals surface area contributed by atoms with Crippen molar-refractivity contribution < 1.29 is 9.59 Å². The van der Waals surface area contributed by atoms with Crippen molar-refractivity contribution >= 4 is 39.1 Å². The van der Waals surface area contributed by atoms with Gasteiger partial charge in [0.15, 0.2) is 0 Å². The number of aromatic nitrogens is 2. The Morgan fingerprint density at radius 2 is 1.97 bits per heavy atom. The van der Waals surface area contributed by atoms with Gasteiger partial charge in [-0.05, 0) is 43.7 Å². The maximum atomic E-state index is 13.1. The van der Waals surface area contributed by atoms with Crippen LogP contribution in [0.4, 0.5) is 5.69 Å². The van der Waals surface area contributed by atoms with Crippen LogP contribution < -0.4 is 11.1 Å². The Morgan fingerprint density at radius 3 is 2.74 bits per heavy atom. The van der Waals surface area contributed by atoms with Gasteiger partial charge in [0, 0.05) is 30.4 Å². The van der Waals surface area contributed by atoms with Crippen LogP contribution in [0.25, 0.3) is 10.2 Å². The second-order valence-corrected chi connectivity index (χ2v) is 9.54. The highest BCUT2D eigenvalue weighted by Crippen LogP contribution is 2.47. The Labute approximate surface area is 184 Å². The highest BCUT2D eigenvalue weighted by Gasteiger charge is 2.44. The van der Waals surface area contributed by atoms with Gasteiger partial charge in [-0.3, -0.25) is 9.59 Å². The van der Waals surface area contributed by atoms with Crippen molar-refractivity contribution in [2.24, 2.45) is 5.92 Å². The summed E-state index contributed by atoms with van der Waals surface area (Å²) in [5.74, 6) is 0.348. The molecule has 31 heavy (non-hydrogen) atoms. The Balaban J connectivity index is 1.24. The minimum Gasteiger partial charge on any atom is -0.397 e. The molecular weight excluding hydrogens is 410 g/mol. The van der Waals surface area contributed by atoms with E-state index >= 15 is 0 Å². The number of thiophene rings is 1. The number of carbonyl (C=O) groups excluding carboxylic acids is 2. The van der Waals surface area contributed by atoms with E-state index in [9.17, 15) is 9.59 Å². The number of nitrogens with zero attached hydrogens (tertiary/aromatic N) is 3. The molecule has 1 saturated carbocycles. The summed E-state index contributed by atoms with van der Waals surface area (Å²) in [7, 11) is 0. The molecule has 5 rings (SSSR count). The van der Waals surface area contributed by atoms with Gasteiger partial charge in [0.2, 0.25) is 5.91 Å². The average Bonchev–Trinajstić information content (AvgIpc) is 3.33. The first kappa shape index (κ1) is 19.9. The number of rotatable bonds is 4. The first-order valence-electron chi connectivity index (χ1n) is 10.6. The Hall–Kier alpha value is -3.00. The summed E-state index contributed by atoms with van der Waals surface area (Å²) in [6.07, 6.45) is 1.65. The third-order valence-corrected chi connectivity index (χ3v) is 7.58. The fraction of sp³-hybridized carbons (Fsp3) is 0.391. The summed E-state index contributed by atoms with van der Waals surface area (Å²) in [5, 5.41) is 12.3. The number of hydrogen-bond donors (Lipinski definition) is 2. The molecule has 2 amide bonds. The number of fused-ring (bicyclic) bond motifs is 1. The lowest BCUT2D eigenvalue weighted by Gasteiger charge is -2.17. The molecule has 3 unspecified atom stereocenters. The summed E-state index contributed by atoms with van der Waals surface area (Å²) in [6, 6.07) is 10.2. The van der Waals surface area contributed by atoms with E-state index in [1.165, 1.54) is 16.9 Å². The third-order valence-electron chi connectivity index (χ3n) is 6.51. The molecule has 2 aliphatic rings. The number of nitrogens with one attached hydrogen (secondary N) is 1. The number of benzene rings is 1. The lowest BCUT2D eigenvalue weighted by molar-refractivity contribution is -0.123. The zero-order chi connectivity index (χ0) is 21.7. The molecule has 160 valence electrons. The molecule has 0 radical (unpaired) electrons. The SMILES string of the molecule is Cc1nnc2sc(C(=O)N3CCC(NC(=O)C4CC4c4ccccc4)C3)c(N)c2c1C. The van der Waals surface area contributed by atoms with Gasteiger partial charge in [0.05, 0.1) is 11.4 Å². The van der Waals surface area contributed by atoms with E-state index in [1.807, 2.05) is 32.0 Å². The summed E-state index contributed by atoms with van der Waals surface area (Å²) >= 11 is 1.29. The smallest absolute Gasteiger partial charge is 0.266 e. The molecule has 7 nitrogen and oxygen atoms in total. The van der Waals surface area contributed by atoms with Crippen molar-refractivity contribution in [3.63, 3.8) is 0 Å². The maximum absolute atomic E-state index is 13.1. The standard InChI is InChI=1S/C23H25N5O2S/c1-12-13(2)26-27-22-18(12)19(24)20(31-22)23(30)28-9-8-15(11-28)25-21(29)17-10-16(17)14-6-4-3-5-7-14/h3-7,15-17H,8-11,24H2,1-2H3,(H,25,29). The maximum Gasteiger partial charge on any atom is 0.266 e. The highest BCUT2D eigenvalue weighted by atomic mass is 32.1. The minimum atomic E-state index is -0.0945. The first-order valence-corrected chi connectivity index (χ1v) is 11.4. The molecule has 0 spiro atoms. The molecule has 1 aliphatic heterocycles. The van der Waals surface area contributed by atoms with Crippen molar-refractivity contribution in [1.29, 1.82) is 0 Å². The predicted octanol–water partition coefficient (Wildman–Crippen LogP) is 3.02. The van der Waals surface area contributed by atoms with E-state index in [2.05, 4.69) is 27.6 Å². The topological polar surface area (TPSA) is 101 Å². The van der Waals surface area contributed by atoms with E-state index in [4.69, 9.17) is 5.73 Å². The van der Waals surface area contributed by atoms with Gasteiger partial charge in [0.25, 0.3) is 5.91 Å². The van der Waals surface area contributed by atoms with Crippen LogP contribution in [0.1, 0.15) is 45.3 Å². The van der Waals surface area contributed by atoms with Crippen LogP contribution in [0.3, 0.4) is 0 Å². The molecule has 2 aromatic heterocycles. The van der Waals surface area contributed by atoms with Gasteiger partial charge >= 0.3 is 0 Å². The van der Waals surface area contributed by atoms with Crippen LogP contribution in [-0.4, -0.2) is 46.0 Å². The van der Waals surface area contributed by atoms with Crippen molar-refractivity contribution in [2.75, 3.05) is 18.8 Å². The fourth-order valence-corrected chi connectivity index (χ4v) is 5.54. The van der Waals surface area contributed by atoms with Gasteiger partial charge in [-0.2, -0.15) is 5.10 Å². The Kier molecular flexibility index (Phi) is 4.89. The van der Waals surface area contributed by atoms with Gasteiger partial charge in [-0.1, -0.05) is 30.3 Å². The number of anilines is 1. The van der Waals surface area contributed by atoms with Gasteiger partial charge in [0.1, 0.15) is 9.71 Å². The van der Waals surface area contributed by atoms with E-state index in [-0.39, 0.29) is 23.8 Å². The summed E-state index contributed by atoms with van der Waals surface area (Å²) in [6.45, 7) is 4.95. The van der Waals surface area contributed by atoms with Crippen molar-refractivity contribution in [1.82, 2.24) is 20.4 Å². The number of likely N-dealkylation sites (tertiary alicyclic amines) is 1. The van der Waals surface area contributed by atoms with Crippen LogP contribution >= 0.6 is 11.3 Å². The molecule has 1 aliphatic carbocycles. The highest BCUT2D eigenvalue weighted by molar-refractivity contribution is 7.21. The second kappa shape index (κ2) is 7.60. The molecule has 3 heterocycles. The van der Waals surface area contributed by atoms with Gasteiger partial charge in [-0.15, -0.1) is 16.4 Å². The number of aryl methyl sites for hydroxylation is 2. The summed E-state index contributed by atoms with van der Waals surface area (Å²) in [4.78, 5) is 28.8. The molecule has 1 aromatic carbocycles. The van der Waals surface area contributed by atoms with Gasteiger partial charge in [-0.25, -0.2) is 0 Å². The lowest BCUT2D eigenvalue weighted by atomic mass is 10.1. The van der Waals surface area contributed by atoms with Crippen LogP contribution in [0.15, 0.2) is 30.3 Å². The molecule has 3 aromatic rings. The van der Waals surface area contributed by atoms with Crippen LogP contribution in [0.2, 0.25) is 0 Å². The van der Waals surface area contributed by atoms with E-state index in [1.54, 1.807) is 4.90 Å². The quantitative estimate of drug-likeness (QED) is 0.656. The van der Waals surface area contributed by atoms with Gasteiger partial charge < -0.3 is 16.0 Å². The van der Waals surface area contributed by atoms with E-state index in [0.29, 0.717) is 34.4 Å². The lowest BCUT2D eigenvalue weighted by Crippen LogP contribution is -2.39. The number of nitrogen functional groups attached to an aromatic ring is 1. The normalized spacial score (nSPS) is 22.6. The average molecular weight is 436 g/mol. The monoisotopic (exact) mass is 435 g/mol. The molecule has 8 heteroatoms. The van der Waals surface area contributed by atoms with Crippen molar-refractivity contribution in [3.8, 4) is 0 Å². The fourth-order valence-electron chi connectivity index (χ4n) is 4.47. The molecule has 2 fully saturated rings. The number of amides is 2. The zero-order valence-electron chi connectivity index (χ0n) is 17.6.